The number of unbranched alkanes of at least 4 members (excludes halogenated alkanes) is 2. The van der Waals surface area contributed by atoms with Crippen LogP contribution in [0.3, 0.4) is 0 Å². The number of allylic oxidation sites excluding steroid dienone is 2. The lowest BCUT2D eigenvalue weighted by Crippen LogP contribution is -2.25. The Balaban J connectivity index is 1.43. The molecule has 2 saturated carbocycles. The van der Waals surface area contributed by atoms with Gasteiger partial charge in [0.1, 0.15) is 0 Å². The van der Waals surface area contributed by atoms with E-state index in [4.69, 9.17) is 0 Å². The highest BCUT2D eigenvalue weighted by Gasteiger charge is 2.32. The van der Waals surface area contributed by atoms with Crippen LogP contribution in [-0.4, -0.2) is 6.61 Å². The predicted octanol–water partition coefficient (Wildman–Crippen LogP) is 8.78. The van der Waals surface area contributed by atoms with Crippen LogP contribution in [0, 0.1) is 29.4 Å². The van der Waals surface area contributed by atoms with Gasteiger partial charge in [-0.2, -0.15) is 8.78 Å². The number of hydrogen-bond donors (Lipinski definition) is 0. The van der Waals surface area contributed by atoms with Crippen LogP contribution < -0.4 is 4.74 Å². The van der Waals surface area contributed by atoms with Crippen molar-refractivity contribution >= 4 is 0 Å². The van der Waals surface area contributed by atoms with Crippen LogP contribution >= 0.6 is 0 Å². The summed E-state index contributed by atoms with van der Waals surface area (Å²) in [6.45, 7) is -1.16. The Labute approximate surface area is 184 Å². The summed E-state index contributed by atoms with van der Waals surface area (Å²) in [5, 5.41) is 0. The SMILES string of the molecule is C/C=C/CCCC[C@H]1CC[C@H]([C@H]2CC[C@H](c3cc(F)c(OC(F)F)c(F)c3)CC2)CC1. The topological polar surface area (TPSA) is 9.23 Å². The zero-order chi connectivity index (χ0) is 22.2. The van der Waals surface area contributed by atoms with Gasteiger partial charge in [0, 0.05) is 0 Å². The molecule has 0 N–H and O–H groups in total. The Morgan fingerprint density at radius 3 is 2.03 bits per heavy atom. The van der Waals surface area contributed by atoms with Gasteiger partial charge in [0.05, 0.1) is 0 Å². The van der Waals surface area contributed by atoms with Crippen molar-refractivity contribution < 1.29 is 22.3 Å². The molecule has 0 aliphatic heterocycles. The number of hydrogen-bond acceptors (Lipinski definition) is 1. The predicted molar refractivity (Wildman–Crippen MR) is 116 cm³/mol. The van der Waals surface area contributed by atoms with E-state index in [1.807, 2.05) is 0 Å². The van der Waals surface area contributed by atoms with Gasteiger partial charge in [0.15, 0.2) is 17.4 Å². The summed E-state index contributed by atoms with van der Waals surface area (Å²) in [5.41, 5.74) is 0.566. The van der Waals surface area contributed by atoms with Gasteiger partial charge in [-0.25, -0.2) is 8.78 Å². The Kier molecular flexibility index (Phi) is 9.28. The fraction of sp³-hybridized carbons (Fsp3) is 0.692. The standard InChI is InChI=1S/C26H36F4O/c1-2-3-4-5-6-7-18-8-10-19(11-9-18)20-12-14-21(15-13-20)22-16-23(27)25(24(28)17-22)31-26(29)30/h2-3,16-21,26H,4-15H2,1H3/b3-2+/t18-,19-,20-,21-. The van der Waals surface area contributed by atoms with Crippen molar-refractivity contribution in [3.63, 3.8) is 0 Å². The van der Waals surface area contributed by atoms with Crippen molar-refractivity contribution in [3.8, 4) is 5.75 Å². The van der Waals surface area contributed by atoms with Gasteiger partial charge >= 0.3 is 6.61 Å². The summed E-state index contributed by atoms with van der Waals surface area (Å²) in [6.07, 6.45) is 18.9. The lowest BCUT2D eigenvalue weighted by Gasteiger charge is -2.38. The number of ether oxygens (including phenoxy) is 1. The third-order valence-corrected chi connectivity index (χ3v) is 7.50. The molecular weight excluding hydrogens is 404 g/mol. The van der Waals surface area contributed by atoms with E-state index >= 15 is 0 Å². The molecule has 2 aliphatic rings. The summed E-state index contributed by atoms with van der Waals surface area (Å²) in [6, 6.07) is 2.35. The summed E-state index contributed by atoms with van der Waals surface area (Å²) in [7, 11) is 0. The van der Waals surface area contributed by atoms with Crippen LogP contribution in [-0.2, 0) is 0 Å². The minimum absolute atomic E-state index is 0.0920. The number of rotatable bonds is 9. The minimum atomic E-state index is -3.24. The highest BCUT2D eigenvalue weighted by Crippen LogP contribution is 2.45. The van der Waals surface area contributed by atoms with Gasteiger partial charge in [-0.15, -0.1) is 0 Å². The monoisotopic (exact) mass is 440 g/mol. The first-order valence-corrected chi connectivity index (χ1v) is 12.0. The molecule has 0 atom stereocenters. The van der Waals surface area contributed by atoms with Gasteiger partial charge in [0.2, 0.25) is 0 Å². The third kappa shape index (κ3) is 6.98. The van der Waals surface area contributed by atoms with Crippen molar-refractivity contribution in [2.75, 3.05) is 0 Å². The van der Waals surface area contributed by atoms with E-state index in [1.54, 1.807) is 0 Å². The van der Waals surface area contributed by atoms with E-state index in [0.717, 1.165) is 37.5 Å². The van der Waals surface area contributed by atoms with Crippen LogP contribution in [0.25, 0.3) is 0 Å². The number of benzene rings is 1. The molecule has 174 valence electrons. The van der Waals surface area contributed by atoms with Crippen molar-refractivity contribution in [2.24, 2.45) is 17.8 Å². The first-order chi connectivity index (χ1) is 15.0. The second-order valence-electron chi connectivity index (χ2n) is 9.44. The van der Waals surface area contributed by atoms with Crippen LogP contribution in [0.1, 0.15) is 95.5 Å². The zero-order valence-corrected chi connectivity index (χ0v) is 18.6. The normalized spacial score (nSPS) is 27.2. The first-order valence-electron chi connectivity index (χ1n) is 12.0. The average Bonchev–Trinajstić information content (AvgIpc) is 2.76. The molecule has 31 heavy (non-hydrogen) atoms. The maximum Gasteiger partial charge on any atom is 0.387 e. The number of halogens is 4. The molecule has 5 heteroatoms. The second kappa shape index (κ2) is 11.9. The third-order valence-electron chi connectivity index (χ3n) is 7.50. The van der Waals surface area contributed by atoms with Gasteiger partial charge in [-0.05, 0) is 99.7 Å². The summed E-state index contributed by atoms with van der Waals surface area (Å²) in [5.74, 6) is -0.583. The summed E-state index contributed by atoms with van der Waals surface area (Å²) < 4.78 is 56.8. The van der Waals surface area contributed by atoms with Crippen molar-refractivity contribution in [1.29, 1.82) is 0 Å². The Hall–Kier alpha value is -1.52. The highest BCUT2D eigenvalue weighted by molar-refractivity contribution is 5.33. The molecule has 0 saturated heterocycles. The van der Waals surface area contributed by atoms with Crippen molar-refractivity contribution in [1.82, 2.24) is 0 Å². The highest BCUT2D eigenvalue weighted by atomic mass is 19.3. The van der Waals surface area contributed by atoms with E-state index in [-0.39, 0.29) is 5.92 Å². The average molecular weight is 441 g/mol. The molecule has 2 aliphatic carbocycles. The van der Waals surface area contributed by atoms with Gasteiger partial charge in [-0.3, -0.25) is 0 Å². The largest absolute Gasteiger partial charge is 0.429 e. The number of alkyl halides is 2. The quantitative estimate of drug-likeness (QED) is 0.212. The lowest BCUT2D eigenvalue weighted by molar-refractivity contribution is -0.0546. The molecule has 2 fully saturated rings. The molecule has 0 aromatic heterocycles. The van der Waals surface area contributed by atoms with E-state index in [0.29, 0.717) is 11.5 Å². The van der Waals surface area contributed by atoms with Crippen LogP contribution in [0.2, 0.25) is 0 Å². The van der Waals surface area contributed by atoms with E-state index in [1.165, 1.54) is 63.5 Å². The fourth-order valence-corrected chi connectivity index (χ4v) is 5.75. The second-order valence-corrected chi connectivity index (χ2v) is 9.44. The Morgan fingerprint density at radius 2 is 1.48 bits per heavy atom. The van der Waals surface area contributed by atoms with Crippen molar-refractivity contribution in [3.05, 3.63) is 41.5 Å². The summed E-state index contributed by atoms with van der Waals surface area (Å²) in [4.78, 5) is 0. The maximum atomic E-state index is 14.1. The molecule has 1 nitrogen and oxygen atoms in total. The Bertz CT molecular complexity index is 678. The summed E-state index contributed by atoms with van der Waals surface area (Å²) >= 11 is 0. The molecular formula is C26H36F4O. The first kappa shape index (κ1) is 24.1. The molecule has 0 radical (unpaired) electrons. The lowest BCUT2D eigenvalue weighted by atomic mass is 9.68. The molecule has 0 bridgehead atoms. The maximum absolute atomic E-state index is 14.1. The zero-order valence-electron chi connectivity index (χ0n) is 18.6. The molecule has 0 amide bonds. The van der Waals surface area contributed by atoms with E-state index in [9.17, 15) is 17.6 Å². The van der Waals surface area contributed by atoms with Crippen LogP contribution in [0.4, 0.5) is 17.6 Å². The molecule has 0 heterocycles. The minimum Gasteiger partial charge on any atom is -0.429 e. The molecule has 1 aromatic rings. The molecule has 1 aromatic carbocycles. The van der Waals surface area contributed by atoms with Crippen LogP contribution in [0.5, 0.6) is 5.75 Å². The van der Waals surface area contributed by atoms with E-state index < -0.39 is 24.0 Å². The van der Waals surface area contributed by atoms with Gasteiger partial charge in [-0.1, -0.05) is 37.8 Å². The van der Waals surface area contributed by atoms with E-state index in [2.05, 4.69) is 23.8 Å². The fourth-order valence-electron chi connectivity index (χ4n) is 5.75. The van der Waals surface area contributed by atoms with Gasteiger partial charge < -0.3 is 4.74 Å². The van der Waals surface area contributed by atoms with Crippen molar-refractivity contribution in [2.45, 2.75) is 96.5 Å². The van der Waals surface area contributed by atoms with Crippen LogP contribution in [0.15, 0.2) is 24.3 Å². The smallest absolute Gasteiger partial charge is 0.387 e. The Morgan fingerprint density at radius 1 is 0.903 bits per heavy atom. The van der Waals surface area contributed by atoms with Gasteiger partial charge in [0.25, 0.3) is 0 Å². The molecule has 0 unspecified atom stereocenters. The molecule has 3 rings (SSSR count). The molecule has 0 spiro atoms.